The van der Waals surface area contributed by atoms with Gasteiger partial charge in [-0.3, -0.25) is 19.4 Å². The maximum absolute atomic E-state index is 14.6. The van der Waals surface area contributed by atoms with Crippen LogP contribution < -0.4 is 38.2 Å². The Kier molecular flexibility index (Phi) is 14.2. The number of amides is 4. The Morgan fingerprint density at radius 2 is 1.15 bits per heavy atom. The van der Waals surface area contributed by atoms with Gasteiger partial charge in [0.15, 0.2) is 23.0 Å². The van der Waals surface area contributed by atoms with Gasteiger partial charge in [0, 0.05) is 24.5 Å². The number of ether oxygens (including phenoxy) is 8. The van der Waals surface area contributed by atoms with E-state index in [1.54, 1.807) is 48.3 Å². The zero-order valence-electron chi connectivity index (χ0n) is 41.4. The first kappa shape index (κ1) is 49.3. The average molecular weight is 989 g/mol. The van der Waals surface area contributed by atoms with Gasteiger partial charge >= 0.3 is 12.2 Å². The minimum absolute atomic E-state index is 0.0204. The van der Waals surface area contributed by atoms with E-state index in [-0.39, 0.29) is 68.5 Å². The first-order valence-corrected chi connectivity index (χ1v) is 23.6. The molecule has 0 saturated heterocycles. The molecule has 4 aliphatic heterocycles. The number of hydrogen-bond acceptors (Lipinski definition) is 12. The molecule has 376 valence electrons. The van der Waals surface area contributed by atoms with E-state index >= 15 is 0 Å². The van der Waals surface area contributed by atoms with Crippen LogP contribution in [0, 0.1) is 0 Å². The Labute approximate surface area is 423 Å². The molecule has 4 heterocycles. The number of carbonyl (C=O) groups excluding carboxylic acids is 4. The Morgan fingerprint density at radius 1 is 0.630 bits per heavy atom. The summed E-state index contributed by atoms with van der Waals surface area (Å²) in [6.07, 6.45) is 6.35. The smallest absolute Gasteiger partial charge is 0.414 e. The molecule has 4 aliphatic rings. The fourth-order valence-corrected chi connectivity index (χ4v) is 9.64. The van der Waals surface area contributed by atoms with Crippen LogP contribution in [0.4, 0.5) is 21.0 Å². The molecule has 16 heteroatoms. The summed E-state index contributed by atoms with van der Waals surface area (Å²) in [5, 5.41) is 0. The first-order chi connectivity index (χ1) is 35.4. The molecule has 5 aromatic carbocycles. The fourth-order valence-electron chi connectivity index (χ4n) is 9.64. The number of benzene rings is 5. The van der Waals surface area contributed by atoms with Crippen LogP contribution in [0.15, 0.2) is 135 Å². The van der Waals surface area contributed by atoms with Gasteiger partial charge in [-0.05, 0) is 95.6 Å². The summed E-state index contributed by atoms with van der Waals surface area (Å²) in [7, 11) is 6.19. The van der Waals surface area contributed by atoms with Crippen molar-refractivity contribution >= 4 is 46.5 Å². The van der Waals surface area contributed by atoms with Crippen LogP contribution in [-0.4, -0.2) is 100 Å². The van der Waals surface area contributed by atoms with Crippen molar-refractivity contribution in [2.24, 2.45) is 0 Å². The minimum atomic E-state index is -0.829. The van der Waals surface area contributed by atoms with Crippen LogP contribution in [0.5, 0.6) is 34.5 Å². The SMILES string of the molecule is C=CCOC(=O)N1C[C@@H]2CC(c3ccc(OC)cc3)=CN2C(=O)c2cc(OC)c(OCc3cccc(COc4cc5c(cc4OC)C(=O)N4C=C(c6ccc(OC)cc6)C[C@@]4(C)CN5C(=O)OCC=C)c3)cc21. The number of methoxy groups -OCH3 is 4. The minimum Gasteiger partial charge on any atom is -0.497 e. The monoisotopic (exact) mass is 988 g/mol. The number of hydrogen-bond donors (Lipinski definition) is 0. The van der Waals surface area contributed by atoms with Crippen LogP contribution in [0.3, 0.4) is 0 Å². The maximum atomic E-state index is 14.6. The Bertz CT molecular complexity index is 3040. The topological polar surface area (TPSA) is 155 Å². The highest BCUT2D eigenvalue weighted by atomic mass is 16.6. The lowest BCUT2D eigenvalue weighted by Crippen LogP contribution is -2.50. The molecule has 4 amide bonds. The van der Waals surface area contributed by atoms with Crippen LogP contribution >= 0.6 is 0 Å². The van der Waals surface area contributed by atoms with E-state index in [0.717, 1.165) is 39.1 Å². The summed E-state index contributed by atoms with van der Waals surface area (Å²) in [4.78, 5) is 62.9. The normalized spacial score (nSPS) is 17.6. The molecule has 2 atom stereocenters. The van der Waals surface area contributed by atoms with Gasteiger partial charge in [0.2, 0.25) is 0 Å². The van der Waals surface area contributed by atoms with E-state index in [4.69, 9.17) is 37.9 Å². The van der Waals surface area contributed by atoms with Gasteiger partial charge in [-0.1, -0.05) is 67.8 Å². The standard InChI is InChI=1S/C57H56N4O12/c1-8-21-70-55(64)59-32-42-24-40(38-13-17-43(66-4)18-14-38)30-58(42)53(62)45-25-49(68-6)51(27-47(45)59)72-33-36-11-10-12-37(23-36)34-73-52-28-48-46(26-50(52)69-7)54(63)61-31-41(39-15-19-44(67-5)20-16-39)29-57(61,3)35-60(48)56(65)71-22-9-2/h8-20,23,25-28,30-31,42H,1-2,21-22,24,29,32-35H2,3-7H3/t42-,57-/m0/s1. The van der Waals surface area contributed by atoms with Crippen LogP contribution in [0.2, 0.25) is 0 Å². The molecule has 0 bridgehead atoms. The molecule has 0 fully saturated rings. The zero-order valence-corrected chi connectivity index (χ0v) is 41.4. The number of anilines is 2. The molecule has 0 aromatic heterocycles. The molecule has 5 aromatic rings. The van der Waals surface area contributed by atoms with Crippen LogP contribution in [-0.2, 0) is 22.7 Å². The fraction of sp³-hybridized carbons (Fsp3) is 0.263. The van der Waals surface area contributed by atoms with Crippen molar-refractivity contribution in [1.29, 1.82) is 0 Å². The number of carbonyl (C=O) groups is 4. The lowest BCUT2D eigenvalue weighted by Gasteiger charge is -2.35. The third-order valence-electron chi connectivity index (χ3n) is 13.3. The highest BCUT2D eigenvalue weighted by molar-refractivity contribution is 6.08. The van der Waals surface area contributed by atoms with Crippen molar-refractivity contribution in [2.75, 3.05) is 64.5 Å². The molecule has 0 unspecified atom stereocenters. The summed E-state index contributed by atoms with van der Waals surface area (Å²) in [5.41, 5.74) is 5.58. The quantitative estimate of drug-likeness (QED) is 0.0864. The summed E-state index contributed by atoms with van der Waals surface area (Å²) < 4.78 is 46.3. The lowest BCUT2D eigenvalue weighted by atomic mass is 9.92. The van der Waals surface area contributed by atoms with Crippen LogP contribution in [0.1, 0.15) is 62.7 Å². The largest absolute Gasteiger partial charge is 0.497 e. The number of rotatable bonds is 16. The molecule has 0 radical (unpaired) electrons. The second-order valence-electron chi connectivity index (χ2n) is 18.1. The van der Waals surface area contributed by atoms with Crippen LogP contribution in [0.25, 0.3) is 11.1 Å². The van der Waals surface area contributed by atoms with Gasteiger partial charge in [-0.2, -0.15) is 0 Å². The summed E-state index contributed by atoms with van der Waals surface area (Å²) in [5.74, 6) is 2.01. The predicted molar refractivity (Wildman–Crippen MR) is 275 cm³/mol. The Balaban J connectivity index is 0.956. The number of fused-ring (bicyclic) bond motifs is 4. The second kappa shape index (κ2) is 21.0. The molecule has 16 nitrogen and oxygen atoms in total. The average Bonchev–Trinajstić information content (AvgIpc) is 3.96. The third kappa shape index (κ3) is 9.88. The highest BCUT2D eigenvalue weighted by Crippen LogP contribution is 2.47. The first-order valence-electron chi connectivity index (χ1n) is 23.6. The van der Waals surface area contributed by atoms with Gasteiger partial charge in [0.05, 0.1) is 75.6 Å². The molecule has 0 spiro atoms. The van der Waals surface area contributed by atoms with E-state index in [9.17, 15) is 19.2 Å². The lowest BCUT2D eigenvalue weighted by molar-refractivity contribution is 0.0705. The second-order valence-corrected chi connectivity index (χ2v) is 18.1. The Morgan fingerprint density at radius 3 is 1.68 bits per heavy atom. The van der Waals surface area contributed by atoms with Crippen molar-refractivity contribution < 1.29 is 57.1 Å². The molecule has 9 rings (SSSR count). The van der Waals surface area contributed by atoms with Crippen molar-refractivity contribution in [2.45, 2.75) is 44.6 Å². The van der Waals surface area contributed by atoms with E-state index in [2.05, 4.69) is 13.2 Å². The summed E-state index contributed by atoms with van der Waals surface area (Å²) >= 11 is 0. The third-order valence-corrected chi connectivity index (χ3v) is 13.3. The van der Waals surface area contributed by atoms with Crippen molar-refractivity contribution in [3.05, 3.63) is 168 Å². The number of nitrogens with zero attached hydrogens (tertiary/aromatic N) is 4. The molecule has 0 aliphatic carbocycles. The van der Waals surface area contributed by atoms with Crippen molar-refractivity contribution in [3.8, 4) is 34.5 Å². The summed E-state index contributed by atoms with van der Waals surface area (Å²) in [6.45, 7) is 9.73. The van der Waals surface area contributed by atoms with Gasteiger partial charge in [-0.25, -0.2) is 9.59 Å². The molecule has 0 saturated carbocycles. The highest BCUT2D eigenvalue weighted by Gasteiger charge is 2.48. The molecular formula is C57H56N4O12. The van der Waals surface area contributed by atoms with Gasteiger partial charge < -0.3 is 47.7 Å². The van der Waals surface area contributed by atoms with Gasteiger partial charge in [0.1, 0.15) is 37.9 Å². The molecular weight excluding hydrogens is 933 g/mol. The summed E-state index contributed by atoms with van der Waals surface area (Å²) in [6, 6.07) is 28.9. The molecule has 0 N–H and O–H groups in total. The van der Waals surface area contributed by atoms with E-state index < -0.39 is 17.7 Å². The zero-order chi connectivity index (χ0) is 51.4. The molecule has 73 heavy (non-hydrogen) atoms. The van der Waals surface area contributed by atoms with E-state index in [1.807, 2.05) is 92.1 Å². The van der Waals surface area contributed by atoms with Crippen molar-refractivity contribution in [1.82, 2.24) is 9.80 Å². The van der Waals surface area contributed by atoms with Gasteiger partial charge in [-0.15, -0.1) is 0 Å². The van der Waals surface area contributed by atoms with E-state index in [0.29, 0.717) is 53.0 Å². The van der Waals surface area contributed by atoms with E-state index in [1.165, 1.54) is 36.2 Å². The Hall–Kier alpha value is -8.66. The van der Waals surface area contributed by atoms with Gasteiger partial charge in [0.25, 0.3) is 11.8 Å². The maximum Gasteiger partial charge on any atom is 0.414 e. The van der Waals surface area contributed by atoms with Crippen molar-refractivity contribution in [3.63, 3.8) is 0 Å². The predicted octanol–water partition coefficient (Wildman–Crippen LogP) is 10.1.